The molecule has 0 bridgehead atoms. The third-order valence-corrected chi connectivity index (χ3v) is 6.93. The average molecular weight is 374 g/mol. The van der Waals surface area contributed by atoms with Gasteiger partial charge in [0.15, 0.2) is 0 Å². The summed E-state index contributed by atoms with van der Waals surface area (Å²) in [5.41, 5.74) is 1.25. The van der Waals surface area contributed by atoms with E-state index in [2.05, 4.69) is 18.8 Å². The molecule has 0 saturated carbocycles. The van der Waals surface area contributed by atoms with E-state index in [1.165, 1.54) is 23.3 Å². The molecule has 0 spiro atoms. The number of likely N-dealkylation sites (tertiary alicyclic amines) is 1. The first-order chi connectivity index (χ1) is 12.5. The van der Waals surface area contributed by atoms with Crippen molar-refractivity contribution < 1.29 is 4.79 Å². The normalized spacial score (nSPS) is 23.2. The molecule has 1 fully saturated rings. The van der Waals surface area contributed by atoms with Crippen LogP contribution < -0.4 is 5.56 Å². The number of hydrogen-bond acceptors (Lipinski definition) is 4. The van der Waals surface area contributed by atoms with Gasteiger partial charge in [0.25, 0.3) is 5.56 Å². The second kappa shape index (κ2) is 7.14. The summed E-state index contributed by atoms with van der Waals surface area (Å²) in [4.78, 5) is 34.3. The molecule has 4 rings (SSSR count). The molecule has 2 aromatic heterocycles. The van der Waals surface area contributed by atoms with E-state index in [-0.39, 0.29) is 11.5 Å². The van der Waals surface area contributed by atoms with Gasteiger partial charge < -0.3 is 4.90 Å². The van der Waals surface area contributed by atoms with E-state index in [9.17, 15) is 9.59 Å². The molecule has 6 heteroatoms. The molecular formula is C20H27N3O2S. The molecule has 2 atom stereocenters. The number of carbonyl (C=O) groups excluding carboxylic acids is 1. The van der Waals surface area contributed by atoms with Gasteiger partial charge in [-0.05, 0) is 49.5 Å². The highest BCUT2D eigenvalue weighted by Crippen LogP contribution is 2.33. The van der Waals surface area contributed by atoms with Gasteiger partial charge in [-0.25, -0.2) is 4.98 Å². The van der Waals surface area contributed by atoms with Crippen LogP contribution >= 0.6 is 11.3 Å². The molecule has 0 aromatic carbocycles. The number of rotatable bonds is 3. The molecule has 2 aliphatic rings. The maximum absolute atomic E-state index is 13.0. The molecule has 1 aliphatic heterocycles. The predicted octanol–water partition coefficient (Wildman–Crippen LogP) is 3.23. The molecule has 0 radical (unpaired) electrons. The Morgan fingerprint density at radius 2 is 1.96 bits per heavy atom. The van der Waals surface area contributed by atoms with Crippen LogP contribution in [0.4, 0.5) is 0 Å². The summed E-state index contributed by atoms with van der Waals surface area (Å²) in [6.07, 6.45) is 7.60. The fourth-order valence-corrected chi connectivity index (χ4v) is 5.80. The Morgan fingerprint density at radius 3 is 2.73 bits per heavy atom. The summed E-state index contributed by atoms with van der Waals surface area (Å²) in [6, 6.07) is 0. The van der Waals surface area contributed by atoms with Crippen LogP contribution in [-0.2, 0) is 24.2 Å². The van der Waals surface area contributed by atoms with E-state index in [0.717, 1.165) is 42.6 Å². The van der Waals surface area contributed by atoms with Gasteiger partial charge >= 0.3 is 0 Å². The standard InChI is InChI=1S/C20H27N3O2S/c1-13-9-14(2)11-23(10-13)17(24)7-8-22-12-21-19-18(20(22)25)15-5-3-4-6-16(15)26-19/h12-14H,3-11H2,1-2H3. The highest BCUT2D eigenvalue weighted by atomic mass is 32.1. The zero-order valence-corrected chi connectivity index (χ0v) is 16.5. The molecule has 0 N–H and O–H groups in total. The Bertz CT molecular complexity index is 875. The Balaban J connectivity index is 1.51. The molecular weight excluding hydrogens is 346 g/mol. The van der Waals surface area contributed by atoms with Crippen molar-refractivity contribution in [2.75, 3.05) is 13.1 Å². The summed E-state index contributed by atoms with van der Waals surface area (Å²) < 4.78 is 1.64. The molecule has 140 valence electrons. The molecule has 1 amide bonds. The van der Waals surface area contributed by atoms with Crippen LogP contribution in [0.3, 0.4) is 0 Å². The van der Waals surface area contributed by atoms with Crippen LogP contribution in [0.5, 0.6) is 0 Å². The molecule has 26 heavy (non-hydrogen) atoms. The van der Waals surface area contributed by atoms with E-state index in [0.29, 0.717) is 24.8 Å². The van der Waals surface area contributed by atoms with Gasteiger partial charge in [-0.2, -0.15) is 0 Å². The van der Waals surface area contributed by atoms with Crippen LogP contribution in [0.2, 0.25) is 0 Å². The first-order valence-corrected chi connectivity index (χ1v) is 10.6. The van der Waals surface area contributed by atoms with Crippen molar-refractivity contribution in [2.45, 2.75) is 58.9 Å². The predicted molar refractivity (Wildman–Crippen MR) is 105 cm³/mol. The number of nitrogens with zero attached hydrogens (tertiary/aromatic N) is 3. The largest absolute Gasteiger partial charge is 0.342 e. The second-order valence-corrected chi connectivity index (χ2v) is 9.21. The van der Waals surface area contributed by atoms with Gasteiger partial charge in [-0.3, -0.25) is 14.2 Å². The highest BCUT2D eigenvalue weighted by Gasteiger charge is 2.25. The number of hydrogen-bond donors (Lipinski definition) is 0. The summed E-state index contributed by atoms with van der Waals surface area (Å²) >= 11 is 1.67. The maximum atomic E-state index is 13.0. The van der Waals surface area contributed by atoms with Gasteiger partial charge in [0.05, 0.1) is 11.7 Å². The van der Waals surface area contributed by atoms with Gasteiger partial charge in [-0.15, -0.1) is 11.3 Å². The first-order valence-electron chi connectivity index (χ1n) is 9.80. The van der Waals surface area contributed by atoms with Crippen LogP contribution in [-0.4, -0.2) is 33.4 Å². The smallest absolute Gasteiger partial charge is 0.262 e. The topological polar surface area (TPSA) is 55.2 Å². The monoisotopic (exact) mass is 373 g/mol. The van der Waals surface area contributed by atoms with Gasteiger partial charge in [0.2, 0.25) is 5.91 Å². The first kappa shape index (κ1) is 17.7. The van der Waals surface area contributed by atoms with Crippen molar-refractivity contribution in [3.63, 3.8) is 0 Å². The van der Waals surface area contributed by atoms with E-state index >= 15 is 0 Å². The Labute approximate surface area is 158 Å². The van der Waals surface area contributed by atoms with E-state index in [4.69, 9.17) is 0 Å². The number of thiophene rings is 1. The highest BCUT2D eigenvalue weighted by molar-refractivity contribution is 7.18. The summed E-state index contributed by atoms with van der Waals surface area (Å²) in [5.74, 6) is 1.27. The molecule has 3 heterocycles. The van der Waals surface area contributed by atoms with Crippen LogP contribution in [0.15, 0.2) is 11.1 Å². The number of amides is 1. The van der Waals surface area contributed by atoms with Gasteiger partial charge in [0, 0.05) is 30.9 Å². The van der Waals surface area contributed by atoms with Crippen LogP contribution in [0, 0.1) is 11.8 Å². The van der Waals surface area contributed by atoms with E-state index in [1.54, 1.807) is 22.2 Å². The number of carbonyl (C=O) groups is 1. The Hall–Kier alpha value is -1.69. The van der Waals surface area contributed by atoms with Gasteiger partial charge in [0.1, 0.15) is 4.83 Å². The van der Waals surface area contributed by atoms with Crippen molar-refractivity contribution in [3.05, 3.63) is 27.1 Å². The molecule has 1 aliphatic carbocycles. The van der Waals surface area contributed by atoms with Crippen LogP contribution in [0.1, 0.15) is 50.0 Å². The lowest BCUT2D eigenvalue weighted by Crippen LogP contribution is -2.43. The molecule has 2 aromatic rings. The third kappa shape index (κ3) is 3.31. The summed E-state index contributed by atoms with van der Waals surface area (Å²) in [5, 5.41) is 0.805. The molecule has 1 saturated heterocycles. The van der Waals surface area contributed by atoms with E-state index in [1.807, 2.05) is 4.90 Å². The lowest BCUT2D eigenvalue weighted by molar-refractivity contribution is -0.134. The van der Waals surface area contributed by atoms with E-state index < -0.39 is 0 Å². The van der Waals surface area contributed by atoms with Crippen molar-refractivity contribution in [2.24, 2.45) is 11.8 Å². The van der Waals surface area contributed by atoms with Crippen LogP contribution in [0.25, 0.3) is 10.2 Å². The number of piperidine rings is 1. The fourth-order valence-electron chi connectivity index (χ4n) is 4.58. The van der Waals surface area contributed by atoms with Crippen molar-refractivity contribution in [1.29, 1.82) is 0 Å². The zero-order chi connectivity index (χ0) is 18.3. The Kier molecular flexibility index (Phi) is 4.86. The molecule has 2 unspecified atom stereocenters. The third-order valence-electron chi connectivity index (χ3n) is 5.73. The number of fused-ring (bicyclic) bond motifs is 3. The minimum atomic E-state index is 0.0302. The molecule has 5 nitrogen and oxygen atoms in total. The van der Waals surface area contributed by atoms with Crippen molar-refractivity contribution in [3.8, 4) is 0 Å². The average Bonchev–Trinajstić information content (AvgIpc) is 2.99. The second-order valence-electron chi connectivity index (χ2n) is 8.13. The number of aryl methyl sites for hydroxylation is 3. The maximum Gasteiger partial charge on any atom is 0.262 e. The SMILES string of the molecule is CC1CC(C)CN(C(=O)CCn2cnc3sc4c(c3c2=O)CCCC4)C1. The van der Waals surface area contributed by atoms with Crippen molar-refractivity contribution >= 4 is 27.5 Å². The summed E-state index contributed by atoms with van der Waals surface area (Å²) in [6.45, 7) is 6.52. The Morgan fingerprint density at radius 1 is 1.23 bits per heavy atom. The fraction of sp³-hybridized carbons (Fsp3) is 0.650. The van der Waals surface area contributed by atoms with Gasteiger partial charge in [-0.1, -0.05) is 13.8 Å². The van der Waals surface area contributed by atoms with Crippen molar-refractivity contribution in [1.82, 2.24) is 14.5 Å². The minimum Gasteiger partial charge on any atom is -0.342 e. The quantitative estimate of drug-likeness (QED) is 0.830. The lowest BCUT2D eigenvalue weighted by Gasteiger charge is -2.35. The minimum absolute atomic E-state index is 0.0302. The zero-order valence-electron chi connectivity index (χ0n) is 15.7. The summed E-state index contributed by atoms with van der Waals surface area (Å²) in [7, 11) is 0. The number of aromatic nitrogens is 2. The lowest BCUT2D eigenvalue weighted by atomic mass is 9.92.